The second kappa shape index (κ2) is 5.49. The molecule has 1 aromatic heterocycles. The number of hydrogen-bond donors (Lipinski definition) is 5. The van der Waals surface area contributed by atoms with Crippen molar-refractivity contribution in [3.8, 4) is 0 Å². The first-order chi connectivity index (χ1) is 8.99. The summed E-state index contributed by atoms with van der Waals surface area (Å²) in [7, 11) is 0. The molecule has 1 aliphatic heterocycles. The Kier molecular flexibility index (Phi) is 4.13. The first kappa shape index (κ1) is 14.3. The average Bonchev–Trinajstić information content (AvgIpc) is 2.67. The van der Waals surface area contributed by atoms with Gasteiger partial charge in [0.1, 0.15) is 29.1 Å². The molecule has 9 heteroatoms. The molecule has 1 fully saturated rings. The molecule has 0 radical (unpaired) electrons. The van der Waals surface area contributed by atoms with Gasteiger partial charge in [-0.15, -0.1) is 0 Å². The van der Waals surface area contributed by atoms with Crippen molar-refractivity contribution in [3.63, 3.8) is 0 Å². The molecule has 1 aromatic rings. The van der Waals surface area contributed by atoms with Crippen molar-refractivity contribution in [2.75, 3.05) is 6.61 Å². The highest BCUT2D eigenvalue weighted by molar-refractivity contribution is 7.71. The molecule has 0 unspecified atom stereocenters. The molecule has 0 amide bonds. The van der Waals surface area contributed by atoms with Gasteiger partial charge in [0.05, 0.1) is 13.3 Å². The van der Waals surface area contributed by atoms with Gasteiger partial charge >= 0.3 is 5.69 Å². The lowest BCUT2D eigenvalue weighted by Gasteiger charge is -2.16. The minimum atomic E-state index is -1.24. The fourth-order valence-electron chi connectivity index (χ4n) is 2.02. The van der Waals surface area contributed by atoms with Crippen LogP contribution in [0.25, 0.3) is 0 Å². The highest BCUT2D eigenvalue weighted by Gasteiger charge is 2.43. The smallest absolute Gasteiger partial charge is 0.327 e. The number of nitrogens with zero attached hydrogens (tertiary/aromatic N) is 1. The number of nitrogens with one attached hydrogen (secondary N) is 1. The fourth-order valence-corrected chi connectivity index (χ4v) is 2.28. The Bertz CT molecular complexity index is 571. The van der Waals surface area contributed by atoms with Crippen LogP contribution in [0.15, 0.2) is 11.0 Å². The second-order valence-corrected chi connectivity index (χ2v) is 4.66. The van der Waals surface area contributed by atoms with Crippen LogP contribution >= 0.6 is 12.2 Å². The molecule has 0 saturated carbocycles. The van der Waals surface area contributed by atoms with Crippen molar-refractivity contribution in [1.29, 1.82) is 0 Å². The minimum Gasteiger partial charge on any atom is -0.394 e. The van der Waals surface area contributed by atoms with Crippen molar-refractivity contribution in [1.82, 2.24) is 9.55 Å². The first-order valence-electron chi connectivity index (χ1n) is 5.65. The summed E-state index contributed by atoms with van der Waals surface area (Å²) < 4.78 is 6.62. The zero-order valence-electron chi connectivity index (χ0n) is 9.89. The van der Waals surface area contributed by atoms with Gasteiger partial charge in [0.25, 0.3) is 0 Å². The van der Waals surface area contributed by atoms with Gasteiger partial charge in [-0.3, -0.25) is 9.55 Å². The molecule has 6 N–H and O–H groups in total. The molecular formula is C10H15N3O5S. The van der Waals surface area contributed by atoms with Gasteiger partial charge in [0.15, 0.2) is 0 Å². The van der Waals surface area contributed by atoms with Gasteiger partial charge in [-0.1, -0.05) is 12.2 Å². The highest BCUT2D eigenvalue weighted by Crippen LogP contribution is 2.33. The zero-order chi connectivity index (χ0) is 14.2. The van der Waals surface area contributed by atoms with E-state index < -0.39 is 36.7 Å². The Morgan fingerprint density at radius 3 is 2.68 bits per heavy atom. The number of aromatic nitrogens is 2. The van der Waals surface area contributed by atoms with E-state index in [0.29, 0.717) is 5.56 Å². The van der Waals surface area contributed by atoms with Crippen molar-refractivity contribution >= 4 is 12.2 Å². The van der Waals surface area contributed by atoms with Crippen LogP contribution in [0.5, 0.6) is 0 Å². The summed E-state index contributed by atoms with van der Waals surface area (Å²) in [4.78, 5) is 13.9. The maximum Gasteiger partial charge on any atom is 0.327 e. The van der Waals surface area contributed by atoms with Gasteiger partial charge in [-0.05, 0) is 0 Å². The number of hydrogen-bond acceptors (Lipinski definition) is 7. The Balaban J connectivity index is 2.43. The molecule has 8 nitrogen and oxygen atoms in total. The molecule has 0 spiro atoms. The lowest BCUT2D eigenvalue weighted by molar-refractivity contribution is -0.0231. The number of nitrogens with two attached hydrogens (primary N) is 1. The van der Waals surface area contributed by atoms with Gasteiger partial charge < -0.3 is 25.8 Å². The largest absolute Gasteiger partial charge is 0.394 e. The van der Waals surface area contributed by atoms with Crippen LogP contribution in [0, 0.1) is 4.64 Å². The molecule has 2 rings (SSSR count). The van der Waals surface area contributed by atoms with E-state index in [9.17, 15) is 15.0 Å². The van der Waals surface area contributed by atoms with E-state index in [1.807, 2.05) is 0 Å². The molecule has 0 bridgehead atoms. The Morgan fingerprint density at radius 2 is 2.16 bits per heavy atom. The minimum absolute atomic E-state index is 0.0628. The van der Waals surface area contributed by atoms with E-state index in [-0.39, 0.29) is 11.3 Å². The van der Waals surface area contributed by atoms with E-state index in [1.54, 1.807) is 0 Å². The Labute approximate surface area is 113 Å². The topological polar surface area (TPSA) is 134 Å². The lowest BCUT2D eigenvalue weighted by Crippen LogP contribution is -2.33. The maximum atomic E-state index is 11.5. The number of H-pyrrole nitrogens is 1. The van der Waals surface area contributed by atoms with Gasteiger partial charge in [0, 0.05) is 11.8 Å². The molecule has 4 atom stereocenters. The van der Waals surface area contributed by atoms with E-state index in [2.05, 4.69) is 4.98 Å². The van der Waals surface area contributed by atoms with Crippen LogP contribution < -0.4 is 11.4 Å². The van der Waals surface area contributed by atoms with Crippen LogP contribution in [0.1, 0.15) is 11.7 Å². The third-order valence-electron chi connectivity index (χ3n) is 3.08. The quantitative estimate of drug-likeness (QED) is 0.405. The highest BCUT2D eigenvalue weighted by atomic mass is 32.1. The molecule has 1 saturated heterocycles. The van der Waals surface area contributed by atoms with E-state index >= 15 is 0 Å². The summed E-state index contributed by atoms with van der Waals surface area (Å²) >= 11 is 5.01. The third-order valence-corrected chi connectivity index (χ3v) is 3.42. The van der Waals surface area contributed by atoms with Gasteiger partial charge in [-0.25, -0.2) is 4.79 Å². The average molecular weight is 289 g/mol. The van der Waals surface area contributed by atoms with E-state index in [4.69, 9.17) is 27.8 Å². The van der Waals surface area contributed by atoms with Crippen LogP contribution in [0.3, 0.4) is 0 Å². The van der Waals surface area contributed by atoms with E-state index in [1.165, 1.54) is 10.8 Å². The SMILES string of the molecule is NCn1cc([C@@H]2O[C@H](CO)[C@@H](O)[C@H]2O)c(=S)[nH]c1=O. The summed E-state index contributed by atoms with van der Waals surface area (Å²) in [5, 5.41) is 28.6. The summed E-state index contributed by atoms with van der Waals surface area (Å²) in [6.45, 7) is -0.492. The number of rotatable bonds is 3. The molecule has 19 heavy (non-hydrogen) atoms. The Hall–Kier alpha value is -1.10. The van der Waals surface area contributed by atoms with Crippen LogP contribution in [0.4, 0.5) is 0 Å². The zero-order valence-corrected chi connectivity index (χ0v) is 10.7. The van der Waals surface area contributed by atoms with Crippen molar-refractivity contribution in [2.45, 2.75) is 31.1 Å². The van der Waals surface area contributed by atoms with Crippen LogP contribution in [0.2, 0.25) is 0 Å². The van der Waals surface area contributed by atoms with E-state index in [0.717, 1.165) is 0 Å². The molecule has 0 aliphatic carbocycles. The second-order valence-electron chi connectivity index (χ2n) is 4.25. The summed E-state index contributed by atoms with van der Waals surface area (Å²) in [6.07, 6.45) is -2.90. The third kappa shape index (κ3) is 2.48. The predicted octanol–water partition coefficient (Wildman–Crippen LogP) is -2.02. The molecule has 2 heterocycles. The van der Waals surface area contributed by atoms with Crippen molar-refractivity contribution in [2.24, 2.45) is 5.73 Å². The number of aliphatic hydroxyl groups excluding tert-OH is 3. The summed E-state index contributed by atoms with van der Waals surface area (Å²) in [5.74, 6) is 0. The fraction of sp³-hybridized carbons (Fsp3) is 0.600. The first-order valence-corrected chi connectivity index (χ1v) is 6.06. The standard InChI is InChI=1S/C10H15N3O5S/c11-3-13-1-4(9(19)12-10(13)17)8-7(16)6(15)5(2-14)18-8/h1,5-8,14-16H,2-3,11H2,(H,12,17,19)/t5-,6-,7-,8+/m1/s1. The van der Waals surface area contributed by atoms with Gasteiger partial charge in [-0.2, -0.15) is 0 Å². The molecule has 106 valence electrons. The lowest BCUT2D eigenvalue weighted by atomic mass is 10.0. The Morgan fingerprint density at radius 1 is 1.47 bits per heavy atom. The van der Waals surface area contributed by atoms with Crippen LogP contribution in [-0.2, 0) is 11.4 Å². The molecule has 1 aliphatic rings. The van der Waals surface area contributed by atoms with Crippen molar-refractivity contribution in [3.05, 3.63) is 26.9 Å². The van der Waals surface area contributed by atoms with Crippen molar-refractivity contribution < 1.29 is 20.1 Å². The number of aromatic amines is 1. The normalized spacial score (nSPS) is 30.7. The van der Waals surface area contributed by atoms with Gasteiger partial charge in [0.2, 0.25) is 0 Å². The number of ether oxygens (including phenoxy) is 1. The predicted molar refractivity (Wildman–Crippen MR) is 66.8 cm³/mol. The number of aliphatic hydroxyl groups is 3. The summed E-state index contributed by atoms with van der Waals surface area (Å²) in [5.41, 5.74) is 5.27. The molecule has 0 aromatic carbocycles. The summed E-state index contributed by atoms with van der Waals surface area (Å²) in [6, 6.07) is 0. The monoisotopic (exact) mass is 289 g/mol. The van der Waals surface area contributed by atoms with Crippen LogP contribution in [-0.4, -0.2) is 49.8 Å². The maximum absolute atomic E-state index is 11.5. The molecular weight excluding hydrogens is 274 g/mol.